The summed E-state index contributed by atoms with van der Waals surface area (Å²) in [6, 6.07) is -0.0527. The quantitative estimate of drug-likeness (QED) is 0.700. The van der Waals surface area contributed by atoms with Crippen molar-refractivity contribution in [1.82, 2.24) is 10.6 Å². The van der Waals surface area contributed by atoms with Crippen molar-refractivity contribution in [3.63, 3.8) is 0 Å². The lowest BCUT2D eigenvalue weighted by Gasteiger charge is -2.25. The number of urea groups is 1. The fraction of sp³-hybridized carbons (Fsp3) is 0.846. The van der Waals surface area contributed by atoms with Crippen LogP contribution in [0.4, 0.5) is 4.79 Å². The first-order valence-electron chi connectivity index (χ1n) is 6.74. The number of carboxylic acids is 1. The third-order valence-electron chi connectivity index (χ3n) is 3.17. The molecule has 2 atom stereocenters. The van der Waals surface area contributed by atoms with Gasteiger partial charge in [0, 0.05) is 16.8 Å². The third kappa shape index (κ3) is 6.18. The van der Waals surface area contributed by atoms with Gasteiger partial charge in [0.2, 0.25) is 0 Å². The molecule has 1 aliphatic rings. The maximum Gasteiger partial charge on any atom is 0.315 e. The molecule has 19 heavy (non-hydrogen) atoms. The van der Waals surface area contributed by atoms with E-state index in [1.807, 2.05) is 11.8 Å². The van der Waals surface area contributed by atoms with Crippen molar-refractivity contribution >= 4 is 23.8 Å². The van der Waals surface area contributed by atoms with E-state index in [2.05, 4.69) is 17.6 Å². The normalized spacial score (nSPS) is 23.1. The average molecular weight is 288 g/mol. The maximum atomic E-state index is 11.8. The van der Waals surface area contributed by atoms with E-state index in [0.29, 0.717) is 5.25 Å². The van der Waals surface area contributed by atoms with Gasteiger partial charge in [-0.1, -0.05) is 6.92 Å². The molecule has 0 aromatic rings. The molecule has 0 bridgehead atoms. The van der Waals surface area contributed by atoms with E-state index < -0.39 is 11.5 Å². The third-order valence-corrected chi connectivity index (χ3v) is 4.40. The molecule has 110 valence electrons. The number of rotatable bonds is 6. The molecule has 0 aromatic heterocycles. The highest BCUT2D eigenvalue weighted by atomic mass is 32.2. The smallest absolute Gasteiger partial charge is 0.315 e. The predicted molar refractivity (Wildman–Crippen MR) is 77.6 cm³/mol. The van der Waals surface area contributed by atoms with Crippen molar-refractivity contribution in [3.8, 4) is 0 Å². The van der Waals surface area contributed by atoms with Crippen LogP contribution in [-0.2, 0) is 4.79 Å². The first-order valence-corrected chi connectivity index (χ1v) is 7.79. The number of hydrogen-bond acceptors (Lipinski definition) is 3. The molecule has 2 amide bonds. The van der Waals surface area contributed by atoms with Gasteiger partial charge in [0.05, 0.1) is 6.42 Å². The SMILES string of the molecule is CCSC1CCC(NC(=O)NC(C)(C)CC(=O)O)C1. The summed E-state index contributed by atoms with van der Waals surface area (Å²) >= 11 is 1.94. The van der Waals surface area contributed by atoms with Crippen LogP contribution in [0.1, 0.15) is 46.5 Å². The second-order valence-corrected chi connectivity index (χ2v) is 7.22. The van der Waals surface area contributed by atoms with Gasteiger partial charge < -0.3 is 15.7 Å². The van der Waals surface area contributed by atoms with E-state index in [1.165, 1.54) is 0 Å². The van der Waals surface area contributed by atoms with Crippen LogP contribution in [0, 0.1) is 0 Å². The lowest BCUT2D eigenvalue weighted by Crippen LogP contribution is -2.51. The lowest BCUT2D eigenvalue weighted by atomic mass is 10.0. The molecule has 2 unspecified atom stereocenters. The minimum atomic E-state index is -0.912. The Balaban J connectivity index is 2.34. The van der Waals surface area contributed by atoms with E-state index in [-0.39, 0.29) is 18.5 Å². The molecule has 0 aliphatic heterocycles. The van der Waals surface area contributed by atoms with Crippen molar-refractivity contribution in [2.45, 2.75) is 63.3 Å². The van der Waals surface area contributed by atoms with Gasteiger partial charge in [-0.05, 0) is 38.9 Å². The number of carboxylic acid groups (broad SMARTS) is 1. The topological polar surface area (TPSA) is 78.4 Å². The second kappa shape index (κ2) is 7.03. The molecule has 1 saturated carbocycles. The molecule has 1 rings (SSSR count). The van der Waals surface area contributed by atoms with Crippen LogP contribution < -0.4 is 10.6 Å². The number of nitrogens with one attached hydrogen (secondary N) is 2. The van der Waals surface area contributed by atoms with E-state index in [0.717, 1.165) is 25.0 Å². The van der Waals surface area contributed by atoms with Gasteiger partial charge in [-0.15, -0.1) is 0 Å². The zero-order valence-corrected chi connectivity index (χ0v) is 12.7. The second-order valence-electron chi connectivity index (χ2n) is 5.64. The number of thioether (sulfide) groups is 1. The molecule has 0 aromatic carbocycles. The average Bonchev–Trinajstić information content (AvgIpc) is 2.62. The van der Waals surface area contributed by atoms with Crippen molar-refractivity contribution in [1.29, 1.82) is 0 Å². The van der Waals surface area contributed by atoms with Crippen LogP contribution in [0.5, 0.6) is 0 Å². The highest BCUT2D eigenvalue weighted by Crippen LogP contribution is 2.29. The van der Waals surface area contributed by atoms with E-state index >= 15 is 0 Å². The Hall–Kier alpha value is -0.910. The summed E-state index contributed by atoms with van der Waals surface area (Å²) < 4.78 is 0. The maximum absolute atomic E-state index is 11.8. The van der Waals surface area contributed by atoms with Gasteiger partial charge in [-0.2, -0.15) is 11.8 Å². The van der Waals surface area contributed by atoms with Crippen LogP contribution in [0.25, 0.3) is 0 Å². The Bertz CT molecular complexity index is 334. The molecule has 0 saturated heterocycles. The van der Waals surface area contributed by atoms with E-state index in [4.69, 9.17) is 5.11 Å². The summed E-state index contributed by atoms with van der Waals surface area (Å²) in [6.45, 7) is 5.57. The lowest BCUT2D eigenvalue weighted by molar-refractivity contribution is -0.138. The molecule has 3 N–H and O–H groups in total. The highest BCUT2D eigenvalue weighted by molar-refractivity contribution is 7.99. The first kappa shape index (κ1) is 16.1. The number of aliphatic carboxylic acids is 1. The van der Waals surface area contributed by atoms with Gasteiger partial charge >= 0.3 is 12.0 Å². The zero-order valence-electron chi connectivity index (χ0n) is 11.9. The number of carbonyl (C=O) groups excluding carboxylic acids is 1. The van der Waals surface area contributed by atoms with E-state index in [1.54, 1.807) is 13.8 Å². The molecule has 0 heterocycles. The minimum Gasteiger partial charge on any atom is -0.481 e. The Labute approximate surface area is 118 Å². The summed E-state index contributed by atoms with van der Waals surface area (Å²) in [5, 5.41) is 15.1. The molecule has 0 radical (unpaired) electrons. The molecule has 5 nitrogen and oxygen atoms in total. The standard InChI is InChI=1S/C13H24N2O3S/c1-4-19-10-6-5-9(7-10)14-12(18)15-13(2,3)8-11(16)17/h9-10H,4-8H2,1-3H3,(H,16,17)(H2,14,15,18). The molecule has 1 fully saturated rings. The van der Waals surface area contributed by atoms with Crippen molar-refractivity contribution in [2.24, 2.45) is 0 Å². The molecular formula is C13H24N2O3S. The van der Waals surface area contributed by atoms with Crippen LogP contribution in [0.15, 0.2) is 0 Å². The number of carbonyl (C=O) groups is 2. The minimum absolute atomic E-state index is 0.0839. The van der Waals surface area contributed by atoms with E-state index in [9.17, 15) is 9.59 Å². The first-order chi connectivity index (χ1) is 8.82. The van der Waals surface area contributed by atoms with Gasteiger partial charge in [-0.25, -0.2) is 4.79 Å². The monoisotopic (exact) mass is 288 g/mol. The number of amides is 2. The Morgan fingerprint density at radius 1 is 1.37 bits per heavy atom. The Morgan fingerprint density at radius 3 is 2.63 bits per heavy atom. The molecule has 1 aliphatic carbocycles. The summed E-state index contributed by atoms with van der Waals surface area (Å²) in [5.41, 5.74) is -0.730. The Kier molecular flexibility index (Phi) is 5.97. The van der Waals surface area contributed by atoms with Crippen LogP contribution in [0.2, 0.25) is 0 Å². The van der Waals surface area contributed by atoms with Gasteiger partial charge in [0.25, 0.3) is 0 Å². The van der Waals surface area contributed by atoms with Crippen molar-refractivity contribution in [2.75, 3.05) is 5.75 Å². The van der Waals surface area contributed by atoms with Crippen LogP contribution in [0.3, 0.4) is 0 Å². The zero-order chi connectivity index (χ0) is 14.5. The molecular weight excluding hydrogens is 264 g/mol. The van der Waals surface area contributed by atoms with Gasteiger partial charge in [0.1, 0.15) is 0 Å². The fourth-order valence-electron chi connectivity index (χ4n) is 2.41. The molecule has 6 heteroatoms. The summed E-state index contributed by atoms with van der Waals surface area (Å²) in [4.78, 5) is 22.5. The van der Waals surface area contributed by atoms with Gasteiger partial charge in [-0.3, -0.25) is 4.79 Å². The van der Waals surface area contributed by atoms with Crippen molar-refractivity contribution < 1.29 is 14.7 Å². The van der Waals surface area contributed by atoms with Gasteiger partial charge in [0.15, 0.2) is 0 Å². The van der Waals surface area contributed by atoms with Crippen LogP contribution >= 0.6 is 11.8 Å². The summed E-state index contributed by atoms with van der Waals surface area (Å²) in [7, 11) is 0. The highest BCUT2D eigenvalue weighted by Gasteiger charge is 2.28. The summed E-state index contributed by atoms with van der Waals surface area (Å²) in [5.74, 6) is 0.195. The number of hydrogen-bond donors (Lipinski definition) is 3. The fourth-order valence-corrected chi connectivity index (χ4v) is 3.55. The summed E-state index contributed by atoms with van der Waals surface area (Å²) in [6.07, 6.45) is 3.07. The largest absolute Gasteiger partial charge is 0.481 e. The molecule has 0 spiro atoms. The predicted octanol–water partition coefficient (Wildman–Crippen LogP) is 2.21. The van der Waals surface area contributed by atoms with Crippen molar-refractivity contribution in [3.05, 3.63) is 0 Å². The van der Waals surface area contributed by atoms with Crippen LogP contribution in [-0.4, -0.2) is 39.7 Å². The Morgan fingerprint density at radius 2 is 2.05 bits per heavy atom.